The Bertz CT molecular complexity index is 1640. The van der Waals surface area contributed by atoms with Crippen LogP contribution in [0.25, 0.3) is 16.7 Å². The Morgan fingerprint density at radius 2 is 2.02 bits per heavy atom. The van der Waals surface area contributed by atoms with Gasteiger partial charge in [-0.1, -0.05) is 31.9 Å². The number of fused-ring (bicyclic) bond motifs is 2. The Morgan fingerprint density at radius 1 is 1.17 bits per heavy atom. The van der Waals surface area contributed by atoms with Gasteiger partial charge in [-0.25, -0.2) is 0 Å². The Balaban J connectivity index is 1.40. The normalized spacial score (nSPS) is 14.9. The van der Waals surface area contributed by atoms with Gasteiger partial charge < -0.3 is 29.6 Å². The summed E-state index contributed by atoms with van der Waals surface area (Å²) in [6, 6.07) is 9.24. The number of nitrogens with one attached hydrogen (secondary N) is 2. The van der Waals surface area contributed by atoms with Gasteiger partial charge >= 0.3 is 5.97 Å². The number of aryl methyl sites for hydroxylation is 1. The quantitative estimate of drug-likeness (QED) is 0.137. The zero-order valence-corrected chi connectivity index (χ0v) is 25.4. The van der Waals surface area contributed by atoms with Crippen molar-refractivity contribution in [1.29, 1.82) is 0 Å². The first kappa shape index (κ1) is 28.8. The van der Waals surface area contributed by atoms with E-state index in [-0.39, 0.29) is 59.6 Å². The molecule has 41 heavy (non-hydrogen) atoms. The van der Waals surface area contributed by atoms with Gasteiger partial charge in [0.2, 0.25) is 5.91 Å². The Labute approximate surface area is 251 Å². The van der Waals surface area contributed by atoms with Crippen LogP contribution in [0.2, 0.25) is 0 Å². The predicted octanol–water partition coefficient (Wildman–Crippen LogP) is 2.52. The zero-order valence-electron chi connectivity index (χ0n) is 22.2. The lowest BCUT2D eigenvalue weighted by molar-refractivity contribution is -0.140. The van der Waals surface area contributed by atoms with E-state index >= 15 is 0 Å². The van der Waals surface area contributed by atoms with E-state index in [1.54, 1.807) is 17.6 Å². The van der Waals surface area contributed by atoms with Gasteiger partial charge in [-0.2, -0.15) is 19.6 Å². The number of rotatable bonds is 11. The Hall–Kier alpha value is -3.72. The van der Waals surface area contributed by atoms with E-state index in [1.807, 2.05) is 24.3 Å². The standard InChI is InChI=1S/C26H28Br2N8O5/c1-34-19-5-4-17(9-16(19)10-20(25(34)39)40-8-6-29-23(37)12-27)32-22-11-21(33-26-30-15-31-36(22)26)35-7-2-3-18(35)14-41-24(38)13-28/h4-5,9-11,15,18,32H,2-3,6-8,12-14H2,1H3,(H,29,37). The molecule has 1 aromatic carbocycles. The van der Waals surface area contributed by atoms with Crippen LogP contribution in [0, 0.1) is 0 Å². The molecule has 0 bridgehead atoms. The third kappa shape index (κ3) is 6.45. The van der Waals surface area contributed by atoms with E-state index in [0.29, 0.717) is 17.4 Å². The number of carbonyl (C=O) groups is 2. The number of hydrogen-bond donors (Lipinski definition) is 2. The van der Waals surface area contributed by atoms with Gasteiger partial charge in [0.15, 0.2) is 5.75 Å². The van der Waals surface area contributed by atoms with Gasteiger partial charge in [-0.3, -0.25) is 14.4 Å². The lowest BCUT2D eigenvalue weighted by Crippen LogP contribution is -2.34. The predicted molar refractivity (Wildman–Crippen MR) is 161 cm³/mol. The summed E-state index contributed by atoms with van der Waals surface area (Å²) in [6.45, 7) is 1.50. The zero-order chi connectivity index (χ0) is 28.9. The number of amides is 1. The third-order valence-electron chi connectivity index (χ3n) is 6.72. The molecule has 1 aliphatic rings. The molecule has 1 atom stereocenters. The van der Waals surface area contributed by atoms with Crippen molar-refractivity contribution < 1.29 is 19.1 Å². The third-order valence-corrected chi connectivity index (χ3v) is 7.69. The lowest BCUT2D eigenvalue weighted by atomic mass is 10.2. The van der Waals surface area contributed by atoms with Crippen LogP contribution in [0.1, 0.15) is 12.8 Å². The average molecular weight is 692 g/mol. The number of anilines is 3. The number of halogens is 2. The Kier molecular flexibility index (Phi) is 9.03. The second-order valence-corrected chi connectivity index (χ2v) is 10.5. The molecule has 1 fully saturated rings. The van der Waals surface area contributed by atoms with E-state index in [1.165, 1.54) is 10.9 Å². The summed E-state index contributed by atoms with van der Waals surface area (Å²) < 4.78 is 14.2. The van der Waals surface area contributed by atoms with E-state index in [4.69, 9.17) is 14.5 Å². The average Bonchev–Trinajstić information content (AvgIpc) is 3.66. The highest BCUT2D eigenvalue weighted by Crippen LogP contribution is 2.29. The van der Waals surface area contributed by atoms with Crippen molar-refractivity contribution in [2.75, 3.05) is 47.2 Å². The molecule has 3 aromatic heterocycles. The molecular weight excluding hydrogens is 664 g/mol. The van der Waals surface area contributed by atoms with Crippen LogP contribution in [-0.2, 0) is 21.4 Å². The van der Waals surface area contributed by atoms with Gasteiger partial charge in [0, 0.05) is 30.7 Å². The highest BCUT2D eigenvalue weighted by molar-refractivity contribution is 9.09. The fourth-order valence-electron chi connectivity index (χ4n) is 4.76. The number of hydrogen-bond acceptors (Lipinski definition) is 10. The lowest BCUT2D eigenvalue weighted by Gasteiger charge is -2.26. The maximum atomic E-state index is 12.8. The molecule has 0 radical (unpaired) electrons. The SMILES string of the molecule is Cn1c(=O)c(OCCNC(=O)CBr)cc2cc(Nc3cc(N4CCCC4COC(=O)CBr)nc4ncnn34)ccc21. The molecule has 4 aromatic rings. The number of nitrogens with zero attached hydrogens (tertiary/aromatic N) is 6. The van der Waals surface area contributed by atoms with Gasteiger partial charge in [-0.05, 0) is 37.1 Å². The smallest absolute Gasteiger partial charge is 0.316 e. The molecule has 5 rings (SSSR count). The van der Waals surface area contributed by atoms with Gasteiger partial charge in [-0.15, -0.1) is 0 Å². The molecule has 0 spiro atoms. The van der Waals surface area contributed by atoms with Crippen molar-refractivity contribution in [1.82, 2.24) is 29.5 Å². The molecule has 13 nitrogen and oxygen atoms in total. The first-order chi connectivity index (χ1) is 19.9. The minimum absolute atomic E-state index is 0.0110. The Morgan fingerprint density at radius 3 is 2.83 bits per heavy atom. The van der Waals surface area contributed by atoms with Gasteiger partial charge in [0.25, 0.3) is 11.3 Å². The highest BCUT2D eigenvalue weighted by Gasteiger charge is 2.28. The van der Waals surface area contributed by atoms with Gasteiger partial charge in [0.05, 0.1) is 23.4 Å². The monoisotopic (exact) mass is 690 g/mol. The topological polar surface area (TPSA) is 145 Å². The number of alkyl halides is 2. The molecule has 1 aliphatic heterocycles. The minimum atomic E-state index is -0.302. The van der Waals surface area contributed by atoms with E-state index in [9.17, 15) is 14.4 Å². The van der Waals surface area contributed by atoms with Crippen molar-refractivity contribution in [2.45, 2.75) is 18.9 Å². The number of benzene rings is 1. The van der Waals surface area contributed by atoms with Crippen molar-refractivity contribution in [3.05, 3.63) is 47.0 Å². The van der Waals surface area contributed by atoms with Crippen LogP contribution < -0.4 is 25.8 Å². The molecule has 2 N–H and O–H groups in total. The molecule has 1 amide bonds. The number of ether oxygens (including phenoxy) is 2. The molecule has 216 valence electrons. The molecule has 4 heterocycles. The number of esters is 1. The number of pyridine rings is 1. The summed E-state index contributed by atoms with van der Waals surface area (Å²) in [5, 5.41) is 11.6. The van der Waals surface area contributed by atoms with Crippen molar-refractivity contribution in [2.24, 2.45) is 7.05 Å². The summed E-state index contributed by atoms with van der Waals surface area (Å²) in [5.41, 5.74) is 1.22. The second kappa shape index (κ2) is 12.9. The first-order valence-electron chi connectivity index (χ1n) is 12.9. The van der Waals surface area contributed by atoms with Gasteiger partial charge in [0.1, 0.15) is 36.5 Å². The van der Waals surface area contributed by atoms with E-state index in [0.717, 1.165) is 36.0 Å². The fourth-order valence-corrected chi connectivity index (χ4v) is 5.12. The molecule has 15 heteroatoms. The van der Waals surface area contributed by atoms with Crippen LogP contribution in [0.3, 0.4) is 0 Å². The maximum Gasteiger partial charge on any atom is 0.316 e. The van der Waals surface area contributed by atoms with Crippen LogP contribution in [-0.4, -0.2) is 79.0 Å². The molecular formula is C26H28Br2N8O5. The molecule has 0 saturated carbocycles. The van der Waals surface area contributed by atoms with Crippen LogP contribution in [0.5, 0.6) is 5.75 Å². The molecule has 1 saturated heterocycles. The van der Waals surface area contributed by atoms with Crippen LogP contribution in [0.15, 0.2) is 41.5 Å². The van der Waals surface area contributed by atoms with E-state index in [2.05, 4.69) is 57.5 Å². The fraction of sp³-hybridized carbons (Fsp3) is 0.385. The van der Waals surface area contributed by atoms with E-state index < -0.39 is 0 Å². The second-order valence-electron chi connectivity index (χ2n) is 9.38. The van der Waals surface area contributed by atoms with Crippen molar-refractivity contribution >= 4 is 77.7 Å². The first-order valence-corrected chi connectivity index (χ1v) is 15.2. The maximum absolute atomic E-state index is 12.8. The van der Waals surface area contributed by atoms with Crippen LogP contribution >= 0.6 is 31.9 Å². The largest absolute Gasteiger partial charge is 0.486 e. The van der Waals surface area contributed by atoms with Crippen molar-refractivity contribution in [3.63, 3.8) is 0 Å². The molecule has 1 unspecified atom stereocenters. The van der Waals surface area contributed by atoms with Crippen LogP contribution in [0.4, 0.5) is 17.3 Å². The summed E-state index contributed by atoms with van der Waals surface area (Å²) in [4.78, 5) is 47.0. The summed E-state index contributed by atoms with van der Waals surface area (Å²) >= 11 is 6.22. The minimum Gasteiger partial charge on any atom is -0.486 e. The summed E-state index contributed by atoms with van der Waals surface area (Å²) in [6.07, 6.45) is 3.28. The number of carbonyl (C=O) groups excluding carboxylic acids is 2. The summed E-state index contributed by atoms with van der Waals surface area (Å²) in [5.74, 6) is 1.51. The summed E-state index contributed by atoms with van der Waals surface area (Å²) in [7, 11) is 1.69. The molecule has 0 aliphatic carbocycles. The highest BCUT2D eigenvalue weighted by atomic mass is 79.9. The number of aromatic nitrogens is 5. The van der Waals surface area contributed by atoms with Crippen molar-refractivity contribution in [3.8, 4) is 5.75 Å².